The highest BCUT2D eigenvalue weighted by atomic mass is 32.2. The van der Waals surface area contributed by atoms with E-state index < -0.39 is 15.9 Å². The molecule has 0 saturated carbocycles. The molecular formula is C25H26N2O5S. The molecule has 1 heterocycles. The average Bonchev–Trinajstić information content (AvgIpc) is 3.32. The maximum atomic E-state index is 13.2. The van der Waals surface area contributed by atoms with Gasteiger partial charge in [0.25, 0.3) is 5.91 Å². The number of fused-ring (bicyclic) bond motifs is 1. The van der Waals surface area contributed by atoms with Crippen LogP contribution in [-0.2, 0) is 14.6 Å². The minimum Gasteiger partial charge on any atom is -0.506 e. The molecule has 0 spiro atoms. The molecule has 0 radical (unpaired) electrons. The molecule has 1 unspecified atom stereocenters. The van der Waals surface area contributed by atoms with E-state index in [2.05, 4.69) is 5.32 Å². The number of benzene rings is 3. The topological polar surface area (TPSA) is 104 Å². The Kier molecular flexibility index (Phi) is 6.65. The summed E-state index contributed by atoms with van der Waals surface area (Å²) in [7, 11) is -3.40. The van der Waals surface area contributed by atoms with Gasteiger partial charge in [-0.3, -0.25) is 9.59 Å². The second-order valence-electron chi connectivity index (χ2n) is 8.12. The monoisotopic (exact) mass is 466 g/mol. The number of carbonyl (C=O) groups is 2. The van der Waals surface area contributed by atoms with Crippen molar-refractivity contribution in [3.63, 3.8) is 0 Å². The van der Waals surface area contributed by atoms with E-state index in [0.717, 1.165) is 5.39 Å². The molecule has 3 aromatic carbocycles. The molecule has 0 aliphatic carbocycles. The van der Waals surface area contributed by atoms with Crippen LogP contribution in [0.3, 0.4) is 0 Å². The molecule has 8 heteroatoms. The minimum atomic E-state index is -3.40. The van der Waals surface area contributed by atoms with Crippen molar-refractivity contribution in [2.24, 2.45) is 0 Å². The maximum Gasteiger partial charge on any atom is 0.258 e. The van der Waals surface area contributed by atoms with Crippen LogP contribution in [0, 0.1) is 0 Å². The summed E-state index contributed by atoms with van der Waals surface area (Å²) in [6, 6.07) is 18.2. The van der Waals surface area contributed by atoms with Crippen molar-refractivity contribution in [2.75, 3.05) is 18.8 Å². The van der Waals surface area contributed by atoms with Crippen LogP contribution in [0.25, 0.3) is 10.8 Å². The molecule has 33 heavy (non-hydrogen) atoms. The number of carbonyl (C=O) groups excluding carboxylic acids is 2. The van der Waals surface area contributed by atoms with E-state index >= 15 is 0 Å². The third kappa shape index (κ3) is 4.85. The standard InChI is InChI=1S/C25H26N2O5S/c28-23-20-11-5-4-8-18(20)13-14-21(23)25(30)27-16-6-12-22(27)24(29)26-15-7-17-33(31,32)19-9-2-1-3-10-19/h1-5,8-11,13-14,22,28H,6-7,12,15-17H2,(H,26,29). The summed E-state index contributed by atoms with van der Waals surface area (Å²) in [4.78, 5) is 27.7. The van der Waals surface area contributed by atoms with E-state index in [0.29, 0.717) is 24.8 Å². The molecule has 172 valence electrons. The SMILES string of the molecule is O=C(NCCCS(=O)(=O)c1ccccc1)C1CCCN1C(=O)c1ccc2ccccc2c1O. The van der Waals surface area contributed by atoms with Crippen molar-refractivity contribution >= 4 is 32.4 Å². The summed E-state index contributed by atoms with van der Waals surface area (Å²) in [5.74, 6) is -0.855. The number of rotatable bonds is 7. The van der Waals surface area contributed by atoms with Gasteiger partial charge < -0.3 is 15.3 Å². The van der Waals surface area contributed by atoms with Crippen LogP contribution in [0.1, 0.15) is 29.6 Å². The number of nitrogens with one attached hydrogen (secondary N) is 1. The summed E-state index contributed by atoms with van der Waals surface area (Å²) in [5, 5.41) is 14.8. The van der Waals surface area contributed by atoms with Crippen LogP contribution >= 0.6 is 0 Å². The summed E-state index contributed by atoms with van der Waals surface area (Å²) in [6.45, 7) is 0.621. The Morgan fingerprint density at radius 1 is 1.00 bits per heavy atom. The Labute approximate surface area is 193 Å². The molecule has 7 nitrogen and oxygen atoms in total. The van der Waals surface area contributed by atoms with Gasteiger partial charge >= 0.3 is 0 Å². The van der Waals surface area contributed by atoms with Gasteiger partial charge in [0.1, 0.15) is 11.8 Å². The molecule has 1 aliphatic rings. The largest absolute Gasteiger partial charge is 0.506 e. The van der Waals surface area contributed by atoms with Gasteiger partial charge in [0.05, 0.1) is 16.2 Å². The smallest absolute Gasteiger partial charge is 0.258 e. The highest BCUT2D eigenvalue weighted by Gasteiger charge is 2.35. The molecule has 0 aromatic heterocycles. The van der Waals surface area contributed by atoms with Gasteiger partial charge in [0, 0.05) is 18.5 Å². The molecular weight excluding hydrogens is 440 g/mol. The Balaban J connectivity index is 1.37. The first kappa shape index (κ1) is 22.8. The fourth-order valence-electron chi connectivity index (χ4n) is 4.20. The molecule has 0 bridgehead atoms. The number of hydrogen-bond acceptors (Lipinski definition) is 5. The van der Waals surface area contributed by atoms with Gasteiger partial charge in [-0.05, 0) is 42.8 Å². The number of aromatic hydroxyl groups is 1. The predicted molar refractivity (Wildman–Crippen MR) is 126 cm³/mol. The van der Waals surface area contributed by atoms with Crippen LogP contribution in [0.5, 0.6) is 5.75 Å². The van der Waals surface area contributed by atoms with Crippen molar-refractivity contribution in [1.82, 2.24) is 10.2 Å². The van der Waals surface area contributed by atoms with E-state index in [1.807, 2.05) is 12.1 Å². The molecule has 1 saturated heterocycles. The second kappa shape index (κ2) is 9.62. The van der Waals surface area contributed by atoms with Crippen molar-refractivity contribution in [3.8, 4) is 5.75 Å². The van der Waals surface area contributed by atoms with E-state index in [-0.39, 0.29) is 46.7 Å². The van der Waals surface area contributed by atoms with Gasteiger partial charge in [0.2, 0.25) is 5.91 Å². The normalized spacial score (nSPS) is 16.1. The lowest BCUT2D eigenvalue weighted by Gasteiger charge is -2.24. The average molecular weight is 467 g/mol. The summed E-state index contributed by atoms with van der Waals surface area (Å²) >= 11 is 0. The maximum absolute atomic E-state index is 13.2. The zero-order chi connectivity index (χ0) is 23.4. The lowest BCUT2D eigenvalue weighted by Crippen LogP contribution is -2.46. The summed E-state index contributed by atoms with van der Waals surface area (Å²) in [6.07, 6.45) is 1.48. The van der Waals surface area contributed by atoms with Gasteiger partial charge in [-0.2, -0.15) is 0 Å². The van der Waals surface area contributed by atoms with E-state index in [9.17, 15) is 23.1 Å². The van der Waals surface area contributed by atoms with E-state index in [1.54, 1.807) is 54.6 Å². The third-order valence-corrected chi connectivity index (χ3v) is 7.76. The predicted octanol–water partition coefficient (Wildman–Crippen LogP) is 3.13. The van der Waals surface area contributed by atoms with Gasteiger partial charge in [0.15, 0.2) is 9.84 Å². The number of phenolic OH excluding ortho intramolecular Hbond substituents is 1. The first-order valence-electron chi connectivity index (χ1n) is 11.0. The zero-order valence-corrected chi connectivity index (χ0v) is 18.9. The zero-order valence-electron chi connectivity index (χ0n) is 18.1. The van der Waals surface area contributed by atoms with Crippen LogP contribution in [0.4, 0.5) is 0 Å². The van der Waals surface area contributed by atoms with Crippen LogP contribution < -0.4 is 5.32 Å². The molecule has 1 fully saturated rings. The van der Waals surface area contributed by atoms with E-state index in [4.69, 9.17) is 0 Å². The molecule has 4 rings (SSSR count). The Morgan fingerprint density at radius 2 is 1.73 bits per heavy atom. The molecule has 2 amide bonds. The molecule has 2 N–H and O–H groups in total. The van der Waals surface area contributed by atoms with Crippen molar-refractivity contribution in [2.45, 2.75) is 30.2 Å². The van der Waals surface area contributed by atoms with Crippen molar-refractivity contribution in [1.29, 1.82) is 0 Å². The van der Waals surface area contributed by atoms with E-state index in [1.165, 1.54) is 4.90 Å². The van der Waals surface area contributed by atoms with Gasteiger partial charge in [-0.15, -0.1) is 0 Å². The Hall–Kier alpha value is -3.39. The number of phenols is 1. The molecule has 3 aromatic rings. The van der Waals surface area contributed by atoms with Gasteiger partial charge in [-0.25, -0.2) is 8.42 Å². The van der Waals surface area contributed by atoms with Crippen LogP contribution in [-0.4, -0.2) is 55.1 Å². The molecule has 1 atom stereocenters. The molecule has 1 aliphatic heterocycles. The fraction of sp³-hybridized carbons (Fsp3) is 0.280. The van der Waals surface area contributed by atoms with Crippen molar-refractivity contribution < 1.29 is 23.1 Å². The van der Waals surface area contributed by atoms with Crippen molar-refractivity contribution in [3.05, 3.63) is 72.3 Å². The lowest BCUT2D eigenvalue weighted by molar-refractivity contribution is -0.124. The summed E-state index contributed by atoms with van der Waals surface area (Å²) in [5.41, 5.74) is 0.169. The number of sulfone groups is 1. The number of likely N-dealkylation sites (tertiary alicyclic amines) is 1. The Bertz CT molecular complexity index is 1270. The lowest BCUT2D eigenvalue weighted by atomic mass is 10.0. The Morgan fingerprint density at radius 3 is 2.52 bits per heavy atom. The highest BCUT2D eigenvalue weighted by molar-refractivity contribution is 7.91. The number of amides is 2. The highest BCUT2D eigenvalue weighted by Crippen LogP contribution is 2.31. The quantitative estimate of drug-likeness (QED) is 0.521. The first-order chi connectivity index (χ1) is 15.9. The third-order valence-electron chi connectivity index (χ3n) is 5.94. The summed E-state index contributed by atoms with van der Waals surface area (Å²) < 4.78 is 24.7. The van der Waals surface area contributed by atoms with Crippen LogP contribution in [0.15, 0.2) is 71.6 Å². The fourth-order valence-corrected chi connectivity index (χ4v) is 5.53. The van der Waals surface area contributed by atoms with Crippen LogP contribution in [0.2, 0.25) is 0 Å². The number of nitrogens with zero attached hydrogens (tertiary/aromatic N) is 1. The minimum absolute atomic E-state index is 0.0738. The second-order valence-corrected chi connectivity index (χ2v) is 10.2. The van der Waals surface area contributed by atoms with Gasteiger partial charge in [-0.1, -0.05) is 48.5 Å². The first-order valence-corrected chi connectivity index (χ1v) is 12.6. The number of hydrogen-bond donors (Lipinski definition) is 2.